The molecule has 0 unspecified atom stereocenters. The van der Waals surface area contributed by atoms with Gasteiger partial charge in [-0.1, -0.05) is 6.58 Å². The highest BCUT2D eigenvalue weighted by Crippen LogP contribution is 2.45. The van der Waals surface area contributed by atoms with E-state index in [2.05, 4.69) is 11.9 Å². The van der Waals surface area contributed by atoms with Crippen molar-refractivity contribution in [3.05, 3.63) is 70.9 Å². The van der Waals surface area contributed by atoms with Crippen molar-refractivity contribution in [2.24, 2.45) is 11.0 Å². The van der Waals surface area contributed by atoms with Crippen molar-refractivity contribution in [1.29, 1.82) is 0 Å². The highest BCUT2D eigenvalue weighted by molar-refractivity contribution is 6.15. The predicted molar refractivity (Wildman–Crippen MR) is 131 cm³/mol. The Morgan fingerprint density at radius 1 is 1.03 bits per heavy atom. The molecule has 2 aromatic rings. The van der Waals surface area contributed by atoms with Gasteiger partial charge in [-0.25, -0.2) is 5.01 Å². The van der Waals surface area contributed by atoms with Crippen LogP contribution in [0, 0.1) is 5.92 Å². The molecular weight excluding hydrogens is 455 g/mol. The van der Waals surface area contributed by atoms with Gasteiger partial charge in [0.2, 0.25) is 0 Å². The SMILES string of the molecule is C=C1C2=C(CCC2)C(c2cc(OC)cc(OC)c2)=NN1c1cc(NCC2CC2)ccc1C(F)(F)F. The molecule has 35 heavy (non-hydrogen) atoms. The molecule has 0 atom stereocenters. The third-order valence-corrected chi connectivity index (χ3v) is 6.76. The zero-order valence-electron chi connectivity index (χ0n) is 19.8. The van der Waals surface area contributed by atoms with E-state index >= 15 is 0 Å². The number of methoxy groups -OCH3 is 2. The van der Waals surface area contributed by atoms with Gasteiger partial charge in [-0.2, -0.15) is 18.3 Å². The van der Waals surface area contributed by atoms with Crippen LogP contribution in [0.25, 0.3) is 0 Å². The second-order valence-electron chi connectivity index (χ2n) is 9.17. The van der Waals surface area contributed by atoms with Crippen LogP contribution < -0.4 is 19.8 Å². The number of ether oxygens (including phenoxy) is 2. The van der Waals surface area contributed by atoms with Crippen molar-refractivity contribution in [1.82, 2.24) is 0 Å². The maximum atomic E-state index is 14.1. The monoisotopic (exact) mass is 483 g/mol. The maximum Gasteiger partial charge on any atom is 0.418 e. The van der Waals surface area contributed by atoms with Crippen LogP contribution in [0.3, 0.4) is 0 Å². The Labute approximate surface area is 202 Å². The Kier molecular flexibility index (Phi) is 5.99. The molecule has 2 aliphatic carbocycles. The van der Waals surface area contributed by atoms with Gasteiger partial charge in [-0.15, -0.1) is 0 Å². The second kappa shape index (κ2) is 8.98. The molecule has 1 N–H and O–H groups in total. The number of nitrogens with one attached hydrogen (secondary N) is 1. The van der Waals surface area contributed by atoms with Crippen molar-refractivity contribution in [2.75, 3.05) is 31.1 Å². The van der Waals surface area contributed by atoms with Crippen LogP contribution in [0.15, 0.2) is 64.9 Å². The minimum absolute atomic E-state index is 0.0332. The first-order valence-electron chi connectivity index (χ1n) is 11.8. The molecule has 1 aliphatic heterocycles. The van der Waals surface area contributed by atoms with Crippen molar-refractivity contribution >= 4 is 17.1 Å². The van der Waals surface area contributed by atoms with Crippen molar-refractivity contribution in [2.45, 2.75) is 38.3 Å². The van der Waals surface area contributed by atoms with E-state index in [1.54, 1.807) is 20.3 Å². The summed E-state index contributed by atoms with van der Waals surface area (Å²) in [5, 5.41) is 9.41. The number of rotatable bonds is 7. The molecule has 3 aliphatic rings. The number of anilines is 2. The first-order valence-corrected chi connectivity index (χ1v) is 11.8. The number of hydrogen-bond donors (Lipinski definition) is 1. The Hall–Kier alpha value is -3.42. The number of hydrazone groups is 1. The van der Waals surface area contributed by atoms with Gasteiger partial charge in [-0.3, -0.25) is 0 Å². The van der Waals surface area contributed by atoms with E-state index in [0.29, 0.717) is 34.5 Å². The molecule has 0 bridgehead atoms. The summed E-state index contributed by atoms with van der Waals surface area (Å²) in [6.45, 7) is 4.92. The van der Waals surface area contributed by atoms with Crippen LogP contribution in [-0.2, 0) is 6.18 Å². The lowest BCUT2D eigenvalue weighted by Crippen LogP contribution is -2.27. The molecule has 2 aromatic carbocycles. The third kappa shape index (κ3) is 4.61. The first kappa shape index (κ1) is 23.3. The average Bonchev–Trinajstić information content (AvgIpc) is 3.55. The third-order valence-electron chi connectivity index (χ3n) is 6.76. The van der Waals surface area contributed by atoms with Gasteiger partial charge < -0.3 is 14.8 Å². The van der Waals surface area contributed by atoms with E-state index in [0.717, 1.165) is 61.4 Å². The highest BCUT2D eigenvalue weighted by atomic mass is 19.4. The molecule has 184 valence electrons. The van der Waals surface area contributed by atoms with Crippen LogP contribution >= 0.6 is 0 Å². The lowest BCUT2D eigenvalue weighted by atomic mass is 9.95. The Bertz CT molecular complexity index is 1210. The van der Waals surface area contributed by atoms with E-state index < -0.39 is 11.7 Å². The molecule has 0 radical (unpaired) electrons. The fourth-order valence-electron chi connectivity index (χ4n) is 4.69. The van der Waals surface area contributed by atoms with E-state index in [9.17, 15) is 13.2 Å². The van der Waals surface area contributed by atoms with Crippen LogP contribution in [0.1, 0.15) is 43.2 Å². The van der Waals surface area contributed by atoms with Gasteiger partial charge in [0.15, 0.2) is 0 Å². The number of benzene rings is 2. The maximum absolute atomic E-state index is 14.1. The van der Waals surface area contributed by atoms with Crippen molar-refractivity contribution < 1.29 is 22.6 Å². The molecule has 5 nitrogen and oxygen atoms in total. The van der Waals surface area contributed by atoms with Gasteiger partial charge in [-0.05, 0) is 79.5 Å². The van der Waals surface area contributed by atoms with Crippen molar-refractivity contribution in [3.8, 4) is 11.5 Å². The largest absolute Gasteiger partial charge is 0.497 e. The number of hydrogen-bond acceptors (Lipinski definition) is 5. The van der Waals surface area contributed by atoms with Gasteiger partial charge >= 0.3 is 6.18 Å². The normalized spacial score (nSPS) is 17.9. The molecule has 1 heterocycles. The molecule has 0 spiro atoms. The lowest BCUT2D eigenvalue weighted by molar-refractivity contribution is -0.137. The minimum atomic E-state index is -4.54. The number of halogens is 3. The van der Waals surface area contributed by atoms with E-state index in [1.807, 2.05) is 12.1 Å². The van der Waals surface area contributed by atoms with Gasteiger partial charge in [0, 0.05) is 23.9 Å². The van der Waals surface area contributed by atoms with Crippen LogP contribution in [0.2, 0.25) is 0 Å². The minimum Gasteiger partial charge on any atom is -0.497 e. The lowest BCUT2D eigenvalue weighted by Gasteiger charge is -2.31. The van der Waals surface area contributed by atoms with Crippen molar-refractivity contribution in [3.63, 3.8) is 0 Å². The molecule has 1 fully saturated rings. The number of allylic oxidation sites excluding steroid dienone is 2. The summed E-state index contributed by atoms with van der Waals surface area (Å²) in [4.78, 5) is 0. The summed E-state index contributed by atoms with van der Waals surface area (Å²) in [5.74, 6) is 1.75. The Morgan fingerprint density at radius 3 is 2.34 bits per heavy atom. The Morgan fingerprint density at radius 2 is 1.71 bits per heavy atom. The van der Waals surface area contributed by atoms with Gasteiger partial charge in [0.05, 0.1) is 36.9 Å². The topological polar surface area (TPSA) is 46.1 Å². The standard InChI is InChI=1S/C27H28F3N3O2/c1-16-22-5-4-6-23(22)26(18-11-20(34-2)14-21(12-18)35-3)32-33(16)25-13-19(31-15-17-7-8-17)9-10-24(25)27(28,29)30/h9-14,17,31H,1,4-8,15H2,2-3H3. The van der Waals surface area contributed by atoms with Gasteiger partial charge in [0.1, 0.15) is 11.5 Å². The van der Waals surface area contributed by atoms with Crippen LogP contribution in [-0.4, -0.2) is 26.5 Å². The van der Waals surface area contributed by atoms with Crippen LogP contribution in [0.5, 0.6) is 11.5 Å². The molecular formula is C27H28F3N3O2. The quantitative estimate of drug-likeness (QED) is 0.473. The average molecular weight is 484 g/mol. The summed E-state index contributed by atoms with van der Waals surface area (Å²) in [7, 11) is 3.12. The summed E-state index contributed by atoms with van der Waals surface area (Å²) in [6.07, 6.45) is 0.189. The first-order chi connectivity index (χ1) is 16.8. The molecule has 5 rings (SSSR count). The molecule has 8 heteroatoms. The molecule has 0 amide bonds. The summed E-state index contributed by atoms with van der Waals surface area (Å²) >= 11 is 0. The second-order valence-corrected chi connectivity index (χ2v) is 9.17. The zero-order chi connectivity index (χ0) is 24.7. The summed E-state index contributed by atoms with van der Waals surface area (Å²) in [5.41, 5.74) is 3.65. The number of alkyl halides is 3. The summed E-state index contributed by atoms with van der Waals surface area (Å²) in [6, 6.07) is 9.55. The molecule has 1 saturated carbocycles. The smallest absolute Gasteiger partial charge is 0.418 e. The number of nitrogens with zero attached hydrogens (tertiary/aromatic N) is 2. The van der Waals surface area contributed by atoms with E-state index in [1.165, 1.54) is 17.1 Å². The fourth-order valence-corrected chi connectivity index (χ4v) is 4.69. The summed E-state index contributed by atoms with van der Waals surface area (Å²) < 4.78 is 53.2. The zero-order valence-corrected chi connectivity index (χ0v) is 19.8. The molecule has 0 aromatic heterocycles. The Balaban J connectivity index is 1.63. The van der Waals surface area contributed by atoms with E-state index in [-0.39, 0.29) is 5.69 Å². The van der Waals surface area contributed by atoms with E-state index in [4.69, 9.17) is 14.6 Å². The predicted octanol–water partition coefficient (Wildman–Crippen LogP) is 6.76. The molecule has 0 saturated heterocycles. The van der Waals surface area contributed by atoms with Gasteiger partial charge in [0.25, 0.3) is 0 Å². The highest BCUT2D eigenvalue weighted by Gasteiger charge is 2.38. The van der Waals surface area contributed by atoms with Crippen LogP contribution in [0.4, 0.5) is 24.5 Å². The fraction of sp³-hybridized carbons (Fsp3) is 0.370.